The molecule has 130 valence electrons. The third-order valence-corrected chi connectivity index (χ3v) is 4.62. The topological polar surface area (TPSA) is 62.5 Å². The summed E-state index contributed by atoms with van der Waals surface area (Å²) in [6.45, 7) is 8.02. The Labute approximate surface area is 147 Å². The molecule has 1 aliphatic rings. The lowest BCUT2D eigenvalue weighted by Crippen LogP contribution is -2.47. The van der Waals surface area contributed by atoms with E-state index in [1.807, 2.05) is 16.8 Å². The van der Waals surface area contributed by atoms with E-state index in [2.05, 4.69) is 55.8 Å². The van der Waals surface area contributed by atoms with E-state index in [-0.39, 0.29) is 0 Å². The van der Waals surface area contributed by atoms with Crippen LogP contribution in [0.4, 0.5) is 11.6 Å². The van der Waals surface area contributed by atoms with Gasteiger partial charge < -0.3 is 9.80 Å². The highest BCUT2D eigenvalue weighted by Gasteiger charge is 2.21. The molecule has 0 amide bonds. The van der Waals surface area contributed by atoms with E-state index in [0.29, 0.717) is 5.78 Å². The maximum absolute atomic E-state index is 4.59. The highest BCUT2D eigenvalue weighted by molar-refractivity contribution is 5.50. The van der Waals surface area contributed by atoms with Gasteiger partial charge in [-0.3, -0.25) is 0 Å². The first-order chi connectivity index (χ1) is 12.2. The number of fused-ring (bicyclic) bond motifs is 1. The van der Waals surface area contributed by atoms with E-state index >= 15 is 0 Å². The van der Waals surface area contributed by atoms with Crippen LogP contribution < -0.4 is 9.80 Å². The summed E-state index contributed by atoms with van der Waals surface area (Å²) >= 11 is 0. The van der Waals surface area contributed by atoms with Crippen molar-refractivity contribution >= 4 is 17.4 Å². The van der Waals surface area contributed by atoms with Crippen molar-refractivity contribution < 1.29 is 0 Å². The molecule has 7 nitrogen and oxygen atoms in total. The fraction of sp³-hybridized carbons (Fsp3) is 0.444. The molecule has 0 unspecified atom stereocenters. The summed E-state index contributed by atoms with van der Waals surface area (Å²) in [5, 5.41) is 4.36. The third-order valence-electron chi connectivity index (χ3n) is 4.62. The van der Waals surface area contributed by atoms with Crippen LogP contribution >= 0.6 is 0 Å². The van der Waals surface area contributed by atoms with E-state index in [9.17, 15) is 0 Å². The van der Waals surface area contributed by atoms with E-state index in [0.717, 1.165) is 56.4 Å². The van der Waals surface area contributed by atoms with Crippen molar-refractivity contribution in [1.82, 2.24) is 24.6 Å². The Bertz CT molecular complexity index is 865. The second-order valence-corrected chi connectivity index (χ2v) is 6.49. The molecule has 1 fully saturated rings. The Hall–Kier alpha value is -2.70. The van der Waals surface area contributed by atoms with Crippen LogP contribution in [0.15, 0.2) is 30.7 Å². The van der Waals surface area contributed by atoms with E-state index in [1.54, 1.807) is 6.33 Å². The van der Waals surface area contributed by atoms with Gasteiger partial charge in [-0.05, 0) is 31.0 Å². The number of nitrogens with zero attached hydrogens (tertiary/aromatic N) is 7. The minimum atomic E-state index is 0.684. The molecule has 3 aromatic rings. The van der Waals surface area contributed by atoms with Gasteiger partial charge in [0.2, 0.25) is 0 Å². The summed E-state index contributed by atoms with van der Waals surface area (Å²) in [6, 6.07) is 6.34. The molecular formula is C18H23N7. The molecule has 1 saturated heterocycles. The van der Waals surface area contributed by atoms with E-state index in [1.165, 1.54) is 5.56 Å². The number of piperazine rings is 1. The first kappa shape index (κ1) is 15.8. The minimum absolute atomic E-state index is 0.684. The Kier molecular flexibility index (Phi) is 4.21. The van der Waals surface area contributed by atoms with Crippen molar-refractivity contribution in [2.24, 2.45) is 0 Å². The lowest BCUT2D eigenvalue weighted by molar-refractivity contribution is 0.632. The molecule has 25 heavy (non-hydrogen) atoms. The monoisotopic (exact) mass is 337 g/mol. The Morgan fingerprint density at radius 3 is 2.60 bits per heavy atom. The fourth-order valence-electron chi connectivity index (χ4n) is 3.31. The first-order valence-electron chi connectivity index (χ1n) is 8.87. The number of anilines is 2. The third kappa shape index (κ3) is 3.14. The Balaban J connectivity index is 1.56. The Morgan fingerprint density at radius 2 is 1.84 bits per heavy atom. The number of aromatic nitrogens is 5. The smallest absolute Gasteiger partial charge is 0.254 e. The summed E-state index contributed by atoms with van der Waals surface area (Å²) in [7, 11) is 0. The highest BCUT2D eigenvalue weighted by atomic mass is 15.4. The number of rotatable bonds is 4. The standard InChI is InChI=1S/C18H23N7/c1-3-4-15-12-17(25-18(22-15)20-13-21-25)24-9-7-23(8-10-24)16-11-14(2)5-6-19-16/h5-6,11-13H,3-4,7-10H2,1-2H3. The maximum Gasteiger partial charge on any atom is 0.254 e. The fourth-order valence-corrected chi connectivity index (χ4v) is 3.31. The zero-order valence-corrected chi connectivity index (χ0v) is 14.8. The molecular weight excluding hydrogens is 314 g/mol. The van der Waals surface area contributed by atoms with Crippen LogP contribution in [0.1, 0.15) is 24.6 Å². The molecule has 4 rings (SSSR count). The summed E-state index contributed by atoms with van der Waals surface area (Å²) in [5.41, 5.74) is 2.33. The summed E-state index contributed by atoms with van der Waals surface area (Å²) in [4.78, 5) is 18.1. The van der Waals surface area contributed by atoms with Crippen molar-refractivity contribution in [1.29, 1.82) is 0 Å². The average molecular weight is 337 g/mol. The van der Waals surface area contributed by atoms with Crippen LogP contribution in [0.2, 0.25) is 0 Å². The highest BCUT2D eigenvalue weighted by Crippen LogP contribution is 2.21. The maximum atomic E-state index is 4.59. The molecule has 0 aromatic carbocycles. The number of hydrogen-bond acceptors (Lipinski definition) is 6. The Morgan fingerprint density at radius 1 is 1.04 bits per heavy atom. The number of aryl methyl sites for hydroxylation is 2. The molecule has 3 aromatic heterocycles. The molecule has 0 spiro atoms. The van der Waals surface area contributed by atoms with Gasteiger partial charge in [0.05, 0.1) is 0 Å². The normalized spacial score (nSPS) is 15.1. The lowest BCUT2D eigenvalue weighted by Gasteiger charge is -2.36. The van der Waals surface area contributed by atoms with Crippen molar-refractivity contribution in [3.05, 3.63) is 42.0 Å². The van der Waals surface area contributed by atoms with E-state index < -0.39 is 0 Å². The zero-order valence-electron chi connectivity index (χ0n) is 14.8. The number of pyridine rings is 1. The first-order valence-corrected chi connectivity index (χ1v) is 8.87. The zero-order chi connectivity index (χ0) is 17.2. The van der Waals surface area contributed by atoms with Gasteiger partial charge in [-0.2, -0.15) is 14.6 Å². The van der Waals surface area contributed by atoms with Crippen molar-refractivity contribution in [2.75, 3.05) is 36.0 Å². The molecule has 0 saturated carbocycles. The van der Waals surface area contributed by atoms with Crippen LogP contribution in [0.3, 0.4) is 0 Å². The largest absolute Gasteiger partial charge is 0.353 e. The van der Waals surface area contributed by atoms with Crippen LogP contribution in [0.25, 0.3) is 5.78 Å². The predicted octanol–water partition coefficient (Wildman–Crippen LogP) is 2.11. The molecule has 0 bridgehead atoms. The van der Waals surface area contributed by atoms with Gasteiger partial charge in [-0.15, -0.1) is 0 Å². The molecule has 0 radical (unpaired) electrons. The molecule has 1 aliphatic heterocycles. The van der Waals surface area contributed by atoms with Gasteiger partial charge in [0.25, 0.3) is 5.78 Å². The van der Waals surface area contributed by atoms with Gasteiger partial charge in [-0.25, -0.2) is 9.97 Å². The van der Waals surface area contributed by atoms with Crippen LogP contribution in [0, 0.1) is 6.92 Å². The second kappa shape index (κ2) is 6.66. The summed E-state index contributed by atoms with van der Waals surface area (Å²) in [5.74, 6) is 2.83. The van der Waals surface area contributed by atoms with Crippen LogP contribution in [-0.2, 0) is 6.42 Å². The van der Waals surface area contributed by atoms with Gasteiger partial charge in [0, 0.05) is 44.1 Å². The van der Waals surface area contributed by atoms with E-state index in [4.69, 9.17) is 0 Å². The quantitative estimate of drug-likeness (QED) is 0.727. The van der Waals surface area contributed by atoms with Crippen LogP contribution in [0.5, 0.6) is 0 Å². The lowest BCUT2D eigenvalue weighted by atomic mass is 10.2. The minimum Gasteiger partial charge on any atom is -0.353 e. The second-order valence-electron chi connectivity index (χ2n) is 6.49. The van der Waals surface area contributed by atoms with Crippen molar-refractivity contribution in [3.8, 4) is 0 Å². The molecule has 4 heterocycles. The molecule has 7 heteroatoms. The van der Waals surface area contributed by atoms with Gasteiger partial charge in [0.15, 0.2) is 0 Å². The molecule has 0 atom stereocenters. The molecule has 0 N–H and O–H groups in total. The summed E-state index contributed by atoms with van der Waals surface area (Å²) in [6.07, 6.45) is 5.50. The summed E-state index contributed by atoms with van der Waals surface area (Å²) < 4.78 is 1.85. The average Bonchev–Trinajstić information content (AvgIpc) is 3.10. The number of hydrogen-bond donors (Lipinski definition) is 0. The van der Waals surface area contributed by atoms with Crippen LogP contribution in [-0.4, -0.2) is 50.7 Å². The van der Waals surface area contributed by atoms with Crippen molar-refractivity contribution in [3.63, 3.8) is 0 Å². The van der Waals surface area contributed by atoms with Gasteiger partial charge in [-0.1, -0.05) is 13.3 Å². The SMILES string of the molecule is CCCc1cc(N2CCN(c3cc(C)ccn3)CC2)n2ncnc2n1. The van der Waals surface area contributed by atoms with Crippen molar-refractivity contribution in [2.45, 2.75) is 26.7 Å². The predicted molar refractivity (Wildman–Crippen MR) is 98.2 cm³/mol. The van der Waals surface area contributed by atoms with Gasteiger partial charge >= 0.3 is 0 Å². The molecule has 0 aliphatic carbocycles. The van der Waals surface area contributed by atoms with Gasteiger partial charge in [0.1, 0.15) is 18.0 Å².